The number of rotatable bonds is 2. The Kier molecular flexibility index (Phi) is 4.18. The van der Waals surface area contributed by atoms with Crippen LogP contribution in [0.3, 0.4) is 0 Å². The van der Waals surface area contributed by atoms with Gasteiger partial charge in [0.25, 0.3) is 0 Å². The molecule has 0 radical (unpaired) electrons. The number of para-hydroxylation sites is 2. The number of pyridine rings is 2. The van der Waals surface area contributed by atoms with Crippen molar-refractivity contribution in [3.63, 3.8) is 0 Å². The van der Waals surface area contributed by atoms with Crippen molar-refractivity contribution in [1.29, 1.82) is 0 Å². The zero-order chi connectivity index (χ0) is 22.7. The Morgan fingerprint density at radius 1 is 0.848 bits per heavy atom. The molecule has 0 fully saturated rings. The SMILES string of the molecule is Cc1ccc2c(n1)oc1c(-c3nc4ncc(C(C)(C)C)cc4n3-c3ccccc3)cccc12. The highest BCUT2D eigenvalue weighted by molar-refractivity contribution is 6.08. The van der Waals surface area contributed by atoms with Gasteiger partial charge in [-0.1, -0.05) is 51.1 Å². The van der Waals surface area contributed by atoms with Gasteiger partial charge in [0.05, 0.1) is 11.1 Å². The van der Waals surface area contributed by atoms with Gasteiger partial charge in [0, 0.05) is 28.4 Å². The van der Waals surface area contributed by atoms with Crippen LogP contribution in [0.1, 0.15) is 32.0 Å². The molecule has 0 aliphatic heterocycles. The van der Waals surface area contributed by atoms with Gasteiger partial charge >= 0.3 is 0 Å². The van der Waals surface area contributed by atoms with E-state index in [0.29, 0.717) is 11.4 Å². The summed E-state index contributed by atoms with van der Waals surface area (Å²) in [6.45, 7) is 8.57. The standard InChI is InChI=1S/C28H24N4O/c1-17-13-14-21-20-11-8-12-22(24(20)33-27(21)30-17)26-31-25-23(15-18(16-29-25)28(2,3)4)32(26)19-9-6-5-7-10-19/h5-16H,1-4H3. The average molecular weight is 433 g/mol. The highest BCUT2D eigenvalue weighted by Gasteiger charge is 2.22. The molecule has 0 amide bonds. The Morgan fingerprint density at radius 3 is 2.45 bits per heavy atom. The van der Waals surface area contributed by atoms with Gasteiger partial charge in [0.1, 0.15) is 5.58 Å². The predicted molar refractivity (Wildman–Crippen MR) is 133 cm³/mol. The fourth-order valence-electron chi connectivity index (χ4n) is 4.34. The van der Waals surface area contributed by atoms with E-state index in [9.17, 15) is 0 Å². The Balaban J connectivity index is 1.71. The van der Waals surface area contributed by atoms with Gasteiger partial charge in [0.2, 0.25) is 5.71 Å². The number of hydrogen-bond donors (Lipinski definition) is 0. The molecule has 0 N–H and O–H groups in total. The molecule has 0 saturated heterocycles. The summed E-state index contributed by atoms with van der Waals surface area (Å²) in [6.07, 6.45) is 1.93. The molecule has 4 heterocycles. The van der Waals surface area contributed by atoms with Crippen molar-refractivity contribution in [2.24, 2.45) is 0 Å². The Morgan fingerprint density at radius 2 is 1.67 bits per heavy atom. The minimum absolute atomic E-state index is 0.0184. The van der Waals surface area contributed by atoms with Crippen LogP contribution in [0.15, 0.2) is 77.3 Å². The van der Waals surface area contributed by atoms with Crippen molar-refractivity contribution in [3.8, 4) is 17.1 Å². The first-order valence-electron chi connectivity index (χ1n) is 11.1. The van der Waals surface area contributed by atoms with Crippen molar-refractivity contribution in [2.45, 2.75) is 33.1 Å². The fourth-order valence-corrected chi connectivity index (χ4v) is 4.34. The van der Waals surface area contributed by atoms with E-state index in [1.165, 1.54) is 5.56 Å². The molecule has 0 spiro atoms. The summed E-state index contributed by atoms with van der Waals surface area (Å²) < 4.78 is 8.48. The van der Waals surface area contributed by atoms with Crippen LogP contribution in [0.4, 0.5) is 0 Å². The van der Waals surface area contributed by atoms with Crippen molar-refractivity contribution in [1.82, 2.24) is 19.5 Å². The maximum atomic E-state index is 6.30. The van der Waals surface area contributed by atoms with E-state index in [1.54, 1.807) is 0 Å². The second kappa shape index (κ2) is 7.01. The van der Waals surface area contributed by atoms with E-state index >= 15 is 0 Å². The van der Waals surface area contributed by atoms with Crippen molar-refractivity contribution < 1.29 is 4.42 Å². The van der Waals surface area contributed by atoms with Crippen LogP contribution in [-0.4, -0.2) is 19.5 Å². The predicted octanol–water partition coefficient (Wildman–Crippen LogP) is 6.99. The highest BCUT2D eigenvalue weighted by Crippen LogP contribution is 2.37. The molecule has 0 aliphatic rings. The monoisotopic (exact) mass is 432 g/mol. The summed E-state index contributed by atoms with van der Waals surface area (Å²) in [4.78, 5) is 14.3. The summed E-state index contributed by atoms with van der Waals surface area (Å²) in [5, 5.41) is 2.04. The third kappa shape index (κ3) is 3.11. The Labute approximate surface area is 191 Å². The number of fused-ring (bicyclic) bond motifs is 4. The molecule has 162 valence electrons. The Bertz CT molecular complexity index is 1650. The lowest BCUT2D eigenvalue weighted by Crippen LogP contribution is -2.11. The van der Waals surface area contributed by atoms with Crippen molar-refractivity contribution in [2.75, 3.05) is 0 Å². The van der Waals surface area contributed by atoms with Gasteiger partial charge in [-0.05, 0) is 54.3 Å². The Hall–Kier alpha value is -3.99. The third-order valence-electron chi connectivity index (χ3n) is 6.14. The number of furan rings is 1. The number of aromatic nitrogens is 4. The molecule has 0 unspecified atom stereocenters. The lowest BCUT2D eigenvalue weighted by atomic mass is 9.88. The van der Waals surface area contributed by atoms with Crippen LogP contribution in [0.5, 0.6) is 0 Å². The molecule has 5 heteroatoms. The lowest BCUT2D eigenvalue weighted by molar-refractivity contribution is 0.588. The molecule has 5 nitrogen and oxygen atoms in total. The number of imidazole rings is 1. The van der Waals surface area contributed by atoms with Gasteiger partial charge < -0.3 is 4.42 Å². The number of benzene rings is 2. The van der Waals surface area contributed by atoms with Gasteiger partial charge in [-0.2, -0.15) is 0 Å². The number of aryl methyl sites for hydroxylation is 1. The topological polar surface area (TPSA) is 56.7 Å². The summed E-state index contributed by atoms with van der Waals surface area (Å²) >= 11 is 0. The quantitative estimate of drug-likeness (QED) is 0.296. The van der Waals surface area contributed by atoms with Gasteiger partial charge in [-0.15, -0.1) is 0 Å². The molecule has 6 rings (SSSR count). The molecule has 0 aliphatic carbocycles. The second-order valence-corrected chi connectivity index (χ2v) is 9.51. The molecule has 0 atom stereocenters. The van der Waals surface area contributed by atoms with E-state index in [-0.39, 0.29) is 5.41 Å². The molecule has 33 heavy (non-hydrogen) atoms. The van der Waals surface area contributed by atoms with E-state index in [4.69, 9.17) is 14.4 Å². The first kappa shape index (κ1) is 19.7. The normalized spacial score (nSPS) is 12.2. The van der Waals surface area contributed by atoms with Crippen molar-refractivity contribution >= 4 is 33.2 Å². The molecule has 0 bridgehead atoms. The van der Waals surface area contributed by atoms with Crippen LogP contribution >= 0.6 is 0 Å². The smallest absolute Gasteiger partial charge is 0.227 e. The minimum atomic E-state index is -0.0184. The molecule has 6 aromatic rings. The van der Waals surface area contributed by atoms with E-state index < -0.39 is 0 Å². The van der Waals surface area contributed by atoms with Crippen LogP contribution in [0.2, 0.25) is 0 Å². The van der Waals surface area contributed by atoms with Crippen molar-refractivity contribution in [3.05, 3.63) is 84.2 Å². The van der Waals surface area contributed by atoms with Gasteiger partial charge in [0.15, 0.2) is 11.5 Å². The first-order valence-corrected chi connectivity index (χ1v) is 11.1. The van der Waals surface area contributed by atoms with Crippen LogP contribution in [-0.2, 0) is 5.41 Å². The molecule has 4 aromatic heterocycles. The summed E-state index contributed by atoms with van der Waals surface area (Å²) in [5.74, 6) is 0.802. The largest absolute Gasteiger partial charge is 0.437 e. The maximum absolute atomic E-state index is 6.30. The number of nitrogens with zero attached hydrogens (tertiary/aromatic N) is 4. The van der Waals surface area contributed by atoms with Crippen LogP contribution in [0.25, 0.3) is 50.3 Å². The fraction of sp³-hybridized carbons (Fsp3) is 0.179. The number of hydrogen-bond acceptors (Lipinski definition) is 4. The molecular weight excluding hydrogens is 408 g/mol. The summed E-state index contributed by atoms with van der Waals surface area (Å²) in [5.41, 5.74) is 7.15. The summed E-state index contributed by atoms with van der Waals surface area (Å²) in [7, 11) is 0. The highest BCUT2D eigenvalue weighted by atomic mass is 16.3. The second-order valence-electron chi connectivity index (χ2n) is 9.51. The lowest BCUT2D eigenvalue weighted by Gasteiger charge is -2.18. The van der Waals surface area contributed by atoms with Crippen LogP contribution < -0.4 is 0 Å². The van der Waals surface area contributed by atoms with E-state index in [0.717, 1.165) is 44.6 Å². The van der Waals surface area contributed by atoms with Crippen LogP contribution in [0, 0.1) is 6.92 Å². The molecule has 0 saturated carbocycles. The van der Waals surface area contributed by atoms with E-state index in [1.807, 2.05) is 37.4 Å². The third-order valence-corrected chi connectivity index (χ3v) is 6.14. The average Bonchev–Trinajstić information content (AvgIpc) is 3.36. The molecular formula is C28H24N4O. The van der Waals surface area contributed by atoms with Gasteiger partial charge in [-0.25, -0.2) is 15.0 Å². The summed E-state index contributed by atoms with van der Waals surface area (Å²) in [6, 6.07) is 22.8. The van der Waals surface area contributed by atoms with E-state index in [2.05, 4.69) is 72.8 Å². The molecule has 2 aromatic carbocycles. The minimum Gasteiger partial charge on any atom is -0.437 e. The van der Waals surface area contributed by atoms with Gasteiger partial charge in [-0.3, -0.25) is 4.57 Å². The zero-order valence-electron chi connectivity index (χ0n) is 19.1. The zero-order valence-corrected chi connectivity index (χ0v) is 19.1. The maximum Gasteiger partial charge on any atom is 0.227 e. The first-order chi connectivity index (χ1) is 15.9.